The first kappa shape index (κ1) is 19.8. The Kier molecular flexibility index (Phi) is 6.20. The molecule has 1 atom stereocenters. The number of amides is 1. The third-order valence-electron chi connectivity index (χ3n) is 4.28. The van der Waals surface area contributed by atoms with Gasteiger partial charge in [0.2, 0.25) is 11.1 Å². The predicted molar refractivity (Wildman–Crippen MR) is 110 cm³/mol. The fraction of sp³-hybridized carbons (Fsp3) is 0.250. The monoisotopic (exact) mass is 397 g/mol. The van der Waals surface area contributed by atoms with Gasteiger partial charge in [0.1, 0.15) is 5.75 Å². The van der Waals surface area contributed by atoms with Gasteiger partial charge in [0.25, 0.3) is 0 Å². The number of nitrogen functional groups attached to an aromatic ring is 1. The minimum absolute atomic E-state index is 0.00399. The molecule has 0 saturated carbocycles. The summed E-state index contributed by atoms with van der Waals surface area (Å²) < 4.78 is 6.76. The quantitative estimate of drug-likeness (QED) is 0.487. The molecule has 0 radical (unpaired) electrons. The molecular formula is C20H23N5O2S. The fourth-order valence-electron chi connectivity index (χ4n) is 2.82. The van der Waals surface area contributed by atoms with Crippen LogP contribution in [0.5, 0.6) is 5.75 Å². The number of hydrogen-bond donors (Lipinski definition) is 1. The molecule has 0 fully saturated rings. The summed E-state index contributed by atoms with van der Waals surface area (Å²) in [6.07, 6.45) is 0. The van der Waals surface area contributed by atoms with Crippen molar-refractivity contribution in [2.45, 2.75) is 23.9 Å². The molecule has 0 aliphatic rings. The van der Waals surface area contributed by atoms with Gasteiger partial charge in [-0.3, -0.25) is 4.79 Å². The van der Waals surface area contributed by atoms with E-state index in [1.165, 1.54) is 16.4 Å². The van der Waals surface area contributed by atoms with Gasteiger partial charge in [-0.05, 0) is 24.6 Å². The predicted octanol–water partition coefficient (Wildman–Crippen LogP) is 2.81. The Morgan fingerprint density at radius 3 is 2.57 bits per heavy atom. The summed E-state index contributed by atoms with van der Waals surface area (Å²) >= 11 is 1.28. The Morgan fingerprint density at radius 2 is 1.86 bits per heavy atom. The molecule has 3 aromatic rings. The van der Waals surface area contributed by atoms with Crippen molar-refractivity contribution in [2.24, 2.45) is 0 Å². The first-order valence-electron chi connectivity index (χ1n) is 8.80. The number of carbonyl (C=O) groups excluding carboxylic acids is 1. The van der Waals surface area contributed by atoms with Crippen LogP contribution in [-0.2, 0) is 11.3 Å². The van der Waals surface area contributed by atoms with Gasteiger partial charge in [-0.1, -0.05) is 54.2 Å². The third kappa shape index (κ3) is 4.28. The summed E-state index contributed by atoms with van der Waals surface area (Å²) in [5.41, 5.74) is 1.82. The van der Waals surface area contributed by atoms with Crippen LogP contribution in [-0.4, -0.2) is 45.1 Å². The van der Waals surface area contributed by atoms with Crippen LogP contribution in [0.2, 0.25) is 0 Å². The van der Waals surface area contributed by atoms with Crippen molar-refractivity contribution >= 4 is 17.7 Å². The van der Waals surface area contributed by atoms with Crippen LogP contribution in [0.1, 0.15) is 12.5 Å². The summed E-state index contributed by atoms with van der Waals surface area (Å²) in [5, 5.41) is 8.45. The van der Waals surface area contributed by atoms with Gasteiger partial charge in [-0.2, -0.15) is 0 Å². The number of nitrogens with two attached hydrogens (primary N) is 1. The molecule has 0 bridgehead atoms. The number of ether oxygens (including phenoxy) is 1. The van der Waals surface area contributed by atoms with E-state index in [1.54, 1.807) is 19.1 Å². The molecule has 0 aliphatic carbocycles. The van der Waals surface area contributed by atoms with Crippen LogP contribution in [0.3, 0.4) is 0 Å². The average Bonchev–Trinajstić information content (AvgIpc) is 3.08. The molecule has 146 valence electrons. The smallest absolute Gasteiger partial charge is 0.235 e. The molecule has 2 aromatic carbocycles. The molecule has 2 N–H and O–H groups in total. The van der Waals surface area contributed by atoms with Gasteiger partial charge < -0.3 is 15.5 Å². The van der Waals surface area contributed by atoms with E-state index in [2.05, 4.69) is 10.2 Å². The van der Waals surface area contributed by atoms with E-state index in [0.717, 1.165) is 11.1 Å². The van der Waals surface area contributed by atoms with Gasteiger partial charge in [0, 0.05) is 13.6 Å². The van der Waals surface area contributed by atoms with E-state index in [-0.39, 0.29) is 11.2 Å². The molecule has 28 heavy (non-hydrogen) atoms. The molecule has 0 saturated heterocycles. The lowest BCUT2D eigenvalue weighted by molar-refractivity contribution is -0.129. The second kappa shape index (κ2) is 8.79. The van der Waals surface area contributed by atoms with Gasteiger partial charge in [-0.15, -0.1) is 10.2 Å². The van der Waals surface area contributed by atoms with Crippen molar-refractivity contribution in [1.29, 1.82) is 0 Å². The first-order chi connectivity index (χ1) is 13.5. The van der Waals surface area contributed by atoms with Crippen molar-refractivity contribution in [3.63, 3.8) is 0 Å². The highest BCUT2D eigenvalue weighted by Gasteiger charge is 2.23. The zero-order chi connectivity index (χ0) is 20.1. The maximum absolute atomic E-state index is 12.7. The van der Waals surface area contributed by atoms with Crippen molar-refractivity contribution in [2.75, 3.05) is 20.0 Å². The summed E-state index contributed by atoms with van der Waals surface area (Å²) in [6.45, 7) is 2.39. The first-order valence-corrected chi connectivity index (χ1v) is 9.68. The second-order valence-electron chi connectivity index (χ2n) is 6.32. The molecule has 1 amide bonds. The van der Waals surface area contributed by atoms with Crippen molar-refractivity contribution in [3.05, 3.63) is 60.2 Å². The van der Waals surface area contributed by atoms with Gasteiger partial charge in [-0.25, -0.2) is 4.68 Å². The zero-order valence-corrected chi connectivity index (χ0v) is 16.9. The number of thioether (sulfide) groups is 1. The van der Waals surface area contributed by atoms with E-state index >= 15 is 0 Å². The number of hydrogen-bond acceptors (Lipinski definition) is 6. The maximum Gasteiger partial charge on any atom is 0.235 e. The molecule has 0 spiro atoms. The van der Waals surface area contributed by atoms with E-state index in [9.17, 15) is 4.79 Å². The summed E-state index contributed by atoms with van der Waals surface area (Å²) in [6, 6.07) is 17.3. The topological polar surface area (TPSA) is 86.3 Å². The molecular weight excluding hydrogens is 374 g/mol. The molecule has 0 aliphatic heterocycles. The lowest BCUT2D eigenvalue weighted by Gasteiger charge is -2.21. The standard InChI is InChI=1S/C20H23N5O2S/c1-14(19(26)24(2)13-15-9-5-4-6-10-15)28-20-23-22-18(25(20)21)16-11-7-8-12-17(16)27-3/h4-12,14H,13,21H2,1-3H3. The Morgan fingerprint density at radius 1 is 1.18 bits per heavy atom. The van der Waals surface area contributed by atoms with Gasteiger partial charge in [0.15, 0.2) is 5.82 Å². The third-order valence-corrected chi connectivity index (χ3v) is 5.33. The zero-order valence-electron chi connectivity index (χ0n) is 16.1. The molecule has 1 unspecified atom stereocenters. The van der Waals surface area contributed by atoms with Gasteiger partial charge in [0.05, 0.1) is 17.9 Å². The lowest BCUT2D eigenvalue weighted by atomic mass is 10.2. The van der Waals surface area contributed by atoms with Crippen LogP contribution in [0, 0.1) is 0 Å². The van der Waals surface area contributed by atoms with Crippen molar-refractivity contribution in [1.82, 2.24) is 19.8 Å². The SMILES string of the molecule is COc1ccccc1-c1nnc(SC(C)C(=O)N(C)Cc2ccccc2)n1N. The molecule has 7 nitrogen and oxygen atoms in total. The minimum atomic E-state index is -0.356. The van der Waals surface area contributed by atoms with Crippen LogP contribution in [0.15, 0.2) is 59.8 Å². The highest BCUT2D eigenvalue weighted by atomic mass is 32.2. The van der Waals surface area contributed by atoms with E-state index in [0.29, 0.717) is 23.3 Å². The number of methoxy groups -OCH3 is 1. The highest BCUT2D eigenvalue weighted by molar-refractivity contribution is 8.00. The summed E-state index contributed by atoms with van der Waals surface area (Å²) in [5.74, 6) is 7.33. The normalized spacial score (nSPS) is 11.8. The van der Waals surface area contributed by atoms with Crippen LogP contribution in [0.25, 0.3) is 11.4 Å². The van der Waals surface area contributed by atoms with Crippen LogP contribution in [0.4, 0.5) is 0 Å². The Labute approximate surface area is 168 Å². The fourth-order valence-corrected chi connectivity index (χ4v) is 3.71. The molecule has 1 heterocycles. The highest BCUT2D eigenvalue weighted by Crippen LogP contribution is 2.30. The average molecular weight is 398 g/mol. The van der Waals surface area contributed by atoms with E-state index < -0.39 is 0 Å². The van der Waals surface area contributed by atoms with E-state index in [1.807, 2.05) is 61.5 Å². The van der Waals surface area contributed by atoms with E-state index in [4.69, 9.17) is 10.6 Å². The summed E-state index contributed by atoms with van der Waals surface area (Å²) in [4.78, 5) is 14.4. The number of benzene rings is 2. The summed E-state index contributed by atoms with van der Waals surface area (Å²) in [7, 11) is 3.38. The molecule has 1 aromatic heterocycles. The maximum atomic E-state index is 12.7. The largest absolute Gasteiger partial charge is 0.496 e. The van der Waals surface area contributed by atoms with Gasteiger partial charge >= 0.3 is 0 Å². The number of aromatic nitrogens is 3. The van der Waals surface area contributed by atoms with Crippen molar-refractivity contribution in [3.8, 4) is 17.1 Å². The van der Waals surface area contributed by atoms with Crippen LogP contribution >= 0.6 is 11.8 Å². The second-order valence-corrected chi connectivity index (χ2v) is 7.62. The Balaban J connectivity index is 1.71. The molecule has 8 heteroatoms. The number of rotatable bonds is 7. The minimum Gasteiger partial charge on any atom is -0.496 e. The number of para-hydroxylation sites is 1. The molecule has 3 rings (SSSR count). The number of carbonyl (C=O) groups is 1. The lowest BCUT2D eigenvalue weighted by Crippen LogP contribution is -2.33. The Bertz CT molecular complexity index is 945. The number of nitrogens with zero attached hydrogens (tertiary/aromatic N) is 4. The Hall–Kier alpha value is -3.00. The van der Waals surface area contributed by atoms with Crippen molar-refractivity contribution < 1.29 is 9.53 Å². The van der Waals surface area contributed by atoms with Crippen LogP contribution < -0.4 is 10.6 Å².